The Balaban J connectivity index is 2.12. The second kappa shape index (κ2) is 7.23. The number of unbranched alkanes of at least 4 members (excludes halogenated alkanes) is 3. The van der Waals surface area contributed by atoms with Crippen molar-refractivity contribution in [3.05, 3.63) is 23.9 Å². The minimum Gasteiger partial charge on any atom is -0.396 e. The van der Waals surface area contributed by atoms with Gasteiger partial charge in [-0.25, -0.2) is 4.98 Å². The van der Waals surface area contributed by atoms with E-state index in [4.69, 9.17) is 5.11 Å². The highest BCUT2D eigenvalue weighted by Gasteiger charge is 1.96. The van der Waals surface area contributed by atoms with Crippen molar-refractivity contribution in [1.82, 2.24) is 4.98 Å². The molecule has 0 aliphatic carbocycles. The Hall–Kier alpha value is -1.09. The highest BCUT2D eigenvalue weighted by Crippen LogP contribution is 2.09. The van der Waals surface area contributed by atoms with E-state index < -0.39 is 0 Å². The van der Waals surface area contributed by atoms with Crippen molar-refractivity contribution in [3.63, 3.8) is 0 Å². The molecule has 0 aliphatic rings. The Bertz CT molecular complexity index is 276. The molecule has 1 rings (SSSR count). The Kier molecular flexibility index (Phi) is 5.78. The van der Waals surface area contributed by atoms with Crippen LogP contribution in [-0.4, -0.2) is 23.2 Å². The number of aryl methyl sites for hydroxylation is 1. The van der Waals surface area contributed by atoms with E-state index in [-0.39, 0.29) is 0 Å². The molecule has 0 saturated heterocycles. The molecule has 1 aromatic heterocycles. The number of hydrogen-bond acceptors (Lipinski definition) is 3. The van der Waals surface area contributed by atoms with Crippen molar-refractivity contribution >= 4 is 5.82 Å². The SMILES string of the molecule is Cc1cccnc1NCCCCCCO. The third kappa shape index (κ3) is 4.79. The van der Waals surface area contributed by atoms with Crippen molar-refractivity contribution in [2.45, 2.75) is 32.6 Å². The summed E-state index contributed by atoms with van der Waals surface area (Å²) in [6, 6.07) is 4.00. The molecule has 0 amide bonds. The van der Waals surface area contributed by atoms with Crippen LogP contribution in [-0.2, 0) is 0 Å². The summed E-state index contributed by atoms with van der Waals surface area (Å²) in [6.07, 6.45) is 6.14. The first-order valence-corrected chi connectivity index (χ1v) is 5.61. The third-order valence-corrected chi connectivity index (χ3v) is 2.39. The fourth-order valence-electron chi connectivity index (χ4n) is 1.47. The number of aliphatic hydroxyl groups is 1. The average Bonchev–Trinajstić information content (AvgIpc) is 2.25. The molecule has 2 N–H and O–H groups in total. The molecule has 84 valence electrons. The van der Waals surface area contributed by atoms with Gasteiger partial charge in [0.05, 0.1) is 0 Å². The minimum absolute atomic E-state index is 0.312. The van der Waals surface area contributed by atoms with Crippen LogP contribution in [0.5, 0.6) is 0 Å². The second-order valence-corrected chi connectivity index (χ2v) is 3.73. The first-order chi connectivity index (χ1) is 7.34. The number of nitrogens with zero attached hydrogens (tertiary/aromatic N) is 1. The van der Waals surface area contributed by atoms with Crippen molar-refractivity contribution in [1.29, 1.82) is 0 Å². The standard InChI is InChI=1S/C12H20N2O/c1-11-7-6-9-14-12(11)13-8-4-2-3-5-10-15/h6-7,9,15H,2-5,8,10H2,1H3,(H,13,14). The fraction of sp³-hybridized carbons (Fsp3) is 0.583. The zero-order valence-corrected chi connectivity index (χ0v) is 9.37. The van der Waals surface area contributed by atoms with Crippen LogP contribution in [0.15, 0.2) is 18.3 Å². The quantitative estimate of drug-likeness (QED) is 0.676. The van der Waals surface area contributed by atoms with Gasteiger partial charge < -0.3 is 10.4 Å². The average molecular weight is 208 g/mol. The van der Waals surface area contributed by atoms with Crippen molar-refractivity contribution in [2.75, 3.05) is 18.5 Å². The summed E-state index contributed by atoms with van der Waals surface area (Å²) in [7, 11) is 0. The molecule has 3 nitrogen and oxygen atoms in total. The molecule has 0 radical (unpaired) electrons. The number of aromatic nitrogens is 1. The molecule has 1 heterocycles. The Labute approximate surface area is 91.5 Å². The molecule has 0 atom stereocenters. The molecule has 0 spiro atoms. The Morgan fingerprint density at radius 3 is 2.80 bits per heavy atom. The lowest BCUT2D eigenvalue weighted by atomic mass is 10.2. The summed E-state index contributed by atoms with van der Waals surface area (Å²) in [6.45, 7) is 3.33. The van der Waals surface area contributed by atoms with Crippen LogP contribution in [0.4, 0.5) is 5.82 Å². The van der Waals surface area contributed by atoms with Crippen molar-refractivity contribution in [3.8, 4) is 0 Å². The monoisotopic (exact) mass is 208 g/mol. The lowest BCUT2D eigenvalue weighted by molar-refractivity contribution is 0.283. The normalized spacial score (nSPS) is 10.3. The van der Waals surface area contributed by atoms with Crippen LogP contribution in [0.25, 0.3) is 0 Å². The third-order valence-electron chi connectivity index (χ3n) is 2.39. The molecular weight excluding hydrogens is 188 g/mol. The van der Waals surface area contributed by atoms with E-state index in [1.54, 1.807) is 6.20 Å². The van der Waals surface area contributed by atoms with E-state index in [0.717, 1.165) is 31.6 Å². The number of anilines is 1. The molecule has 0 unspecified atom stereocenters. The van der Waals surface area contributed by atoms with E-state index in [1.165, 1.54) is 12.0 Å². The van der Waals surface area contributed by atoms with E-state index in [2.05, 4.69) is 23.3 Å². The first-order valence-electron chi connectivity index (χ1n) is 5.61. The van der Waals surface area contributed by atoms with Crippen molar-refractivity contribution in [2.24, 2.45) is 0 Å². The molecule has 0 saturated carbocycles. The minimum atomic E-state index is 0.312. The maximum Gasteiger partial charge on any atom is 0.128 e. The summed E-state index contributed by atoms with van der Waals surface area (Å²) in [4.78, 5) is 4.26. The van der Waals surface area contributed by atoms with E-state index in [0.29, 0.717) is 6.61 Å². The number of nitrogens with one attached hydrogen (secondary N) is 1. The molecule has 0 aliphatic heterocycles. The predicted octanol–water partition coefficient (Wildman–Crippen LogP) is 2.35. The van der Waals surface area contributed by atoms with Crippen LogP contribution in [0.2, 0.25) is 0 Å². The summed E-state index contributed by atoms with van der Waals surface area (Å²) in [5.41, 5.74) is 1.19. The zero-order chi connectivity index (χ0) is 10.9. The number of hydrogen-bond donors (Lipinski definition) is 2. The largest absolute Gasteiger partial charge is 0.396 e. The van der Waals surface area contributed by atoms with Gasteiger partial charge in [0.25, 0.3) is 0 Å². The van der Waals surface area contributed by atoms with Crippen molar-refractivity contribution < 1.29 is 5.11 Å². The number of aliphatic hydroxyl groups excluding tert-OH is 1. The Morgan fingerprint density at radius 1 is 1.27 bits per heavy atom. The van der Waals surface area contributed by atoms with Crippen LogP contribution >= 0.6 is 0 Å². The van der Waals surface area contributed by atoms with Gasteiger partial charge in [0, 0.05) is 19.3 Å². The van der Waals surface area contributed by atoms with E-state index in [1.807, 2.05) is 6.07 Å². The summed E-state index contributed by atoms with van der Waals surface area (Å²) in [5, 5.41) is 11.9. The molecule has 3 heteroatoms. The molecule has 0 bridgehead atoms. The molecule has 0 fully saturated rings. The topological polar surface area (TPSA) is 45.2 Å². The maximum atomic E-state index is 8.61. The van der Waals surface area contributed by atoms with Gasteiger partial charge in [-0.1, -0.05) is 18.9 Å². The zero-order valence-electron chi connectivity index (χ0n) is 9.37. The summed E-state index contributed by atoms with van der Waals surface area (Å²) in [5.74, 6) is 0.986. The fourth-order valence-corrected chi connectivity index (χ4v) is 1.47. The highest BCUT2D eigenvalue weighted by molar-refractivity contribution is 5.42. The lowest BCUT2D eigenvalue weighted by Crippen LogP contribution is -2.04. The second-order valence-electron chi connectivity index (χ2n) is 3.73. The molecule has 1 aromatic rings. The highest BCUT2D eigenvalue weighted by atomic mass is 16.2. The van der Waals surface area contributed by atoms with Gasteiger partial charge in [-0.15, -0.1) is 0 Å². The first kappa shape index (κ1) is 12.0. The smallest absolute Gasteiger partial charge is 0.128 e. The van der Waals surface area contributed by atoms with Gasteiger partial charge in [0.2, 0.25) is 0 Å². The number of pyridine rings is 1. The van der Waals surface area contributed by atoms with E-state index in [9.17, 15) is 0 Å². The van der Waals surface area contributed by atoms with Gasteiger partial charge in [-0.3, -0.25) is 0 Å². The van der Waals surface area contributed by atoms with Gasteiger partial charge in [-0.2, -0.15) is 0 Å². The number of rotatable bonds is 7. The van der Waals surface area contributed by atoms with Crippen LogP contribution in [0, 0.1) is 6.92 Å². The van der Waals surface area contributed by atoms with Gasteiger partial charge >= 0.3 is 0 Å². The molecule has 15 heavy (non-hydrogen) atoms. The summed E-state index contributed by atoms with van der Waals surface area (Å²) >= 11 is 0. The maximum absolute atomic E-state index is 8.61. The molecular formula is C12H20N2O. The Morgan fingerprint density at radius 2 is 2.07 bits per heavy atom. The van der Waals surface area contributed by atoms with Gasteiger partial charge in [-0.05, 0) is 31.4 Å². The predicted molar refractivity (Wildman–Crippen MR) is 63.0 cm³/mol. The molecule has 0 aromatic carbocycles. The van der Waals surface area contributed by atoms with Crippen LogP contribution in [0.3, 0.4) is 0 Å². The lowest BCUT2D eigenvalue weighted by Gasteiger charge is -2.07. The van der Waals surface area contributed by atoms with Gasteiger partial charge in [0.15, 0.2) is 0 Å². The van der Waals surface area contributed by atoms with Gasteiger partial charge in [0.1, 0.15) is 5.82 Å². The van der Waals surface area contributed by atoms with Crippen LogP contribution in [0.1, 0.15) is 31.2 Å². The summed E-state index contributed by atoms with van der Waals surface area (Å²) < 4.78 is 0. The van der Waals surface area contributed by atoms with Crippen LogP contribution < -0.4 is 5.32 Å². The van der Waals surface area contributed by atoms with E-state index >= 15 is 0 Å².